The van der Waals surface area contributed by atoms with E-state index in [1.165, 1.54) is 0 Å². The maximum atomic E-state index is 13.3. The van der Waals surface area contributed by atoms with E-state index in [1.54, 1.807) is 6.07 Å². The van der Waals surface area contributed by atoms with Crippen molar-refractivity contribution in [3.05, 3.63) is 128 Å². The number of nitrogens with one attached hydrogen (secondary N) is 1. The summed E-state index contributed by atoms with van der Waals surface area (Å²) in [7, 11) is 0. The summed E-state index contributed by atoms with van der Waals surface area (Å²) in [6, 6.07) is 27.3. The molecule has 2 aliphatic rings. The number of rotatable bonds is 6. The zero-order valence-electron chi connectivity index (χ0n) is 21.5. The van der Waals surface area contributed by atoms with Gasteiger partial charge in [0.15, 0.2) is 11.2 Å². The summed E-state index contributed by atoms with van der Waals surface area (Å²) >= 11 is 5.98. The van der Waals surface area contributed by atoms with E-state index in [1.807, 2.05) is 66.7 Å². The quantitative estimate of drug-likeness (QED) is 0.290. The standard InChI is InChI=1S/C32H25ClN2O5/c33-22-11-9-20(10-12-22)13-14-34-30(36)23-6-2-1-5-21(23)17-35-18-32(24-7-3-4-8-26(24)35)19-38-27-16-29-28(15-25(27)32)39-31(37)40-29/h1-12,15-16H,13-14,17-19H2,(H,34,36). The van der Waals surface area contributed by atoms with E-state index >= 15 is 0 Å². The molecule has 40 heavy (non-hydrogen) atoms. The van der Waals surface area contributed by atoms with Gasteiger partial charge in [0.05, 0.1) is 5.41 Å². The molecule has 2 aliphatic heterocycles. The van der Waals surface area contributed by atoms with Gasteiger partial charge in [-0.3, -0.25) is 4.79 Å². The first kappa shape index (κ1) is 24.5. The molecule has 5 aromatic rings. The van der Waals surface area contributed by atoms with E-state index in [-0.39, 0.29) is 5.91 Å². The van der Waals surface area contributed by atoms with Gasteiger partial charge < -0.3 is 23.8 Å². The monoisotopic (exact) mass is 552 g/mol. The van der Waals surface area contributed by atoms with Crippen molar-refractivity contribution in [1.29, 1.82) is 0 Å². The summed E-state index contributed by atoms with van der Waals surface area (Å²) < 4.78 is 16.6. The Morgan fingerprint density at radius 2 is 1.68 bits per heavy atom. The lowest BCUT2D eigenvalue weighted by molar-refractivity contribution is 0.0953. The first-order valence-electron chi connectivity index (χ1n) is 13.2. The van der Waals surface area contributed by atoms with Crippen molar-refractivity contribution < 1.29 is 18.4 Å². The van der Waals surface area contributed by atoms with Crippen molar-refractivity contribution >= 4 is 34.4 Å². The lowest BCUT2D eigenvalue weighted by atomic mass is 9.78. The topological polar surface area (TPSA) is 84.9 Å². The Hall–Kier alpha value is -4.49. The third-order valence-corrected chi connectivity index (χ3v) is 8.13. The minimum absolute atomic E-state index is 0.0984. The van der Waals surface area contributed by atoms with Gasteiger partial charge in [-0.15, -0.1) is 0 Å². The van der Waals surface area contributed by atoms with Crippen LogP contribution in [0, 0.1) is 0 Å². The van der Waals surface area contributed by atoms with Gasteiger partial charge in [0.2, 0.25) is 0 Å². The number of hydrogen-bond acceptors (Lipinski definition) is 6. The predicted molar refractivity (Wildman–Crippen MR) is 152 cm³/mol. The molecular formula is C32H25ClN2O5. The Labute approximate surface area is 234 Å². The van der Waals surface area contributed by atoms with Gasteiger partial charge in [0, 0.05) is 47.5 Å². The van der Waals surface area contributed by atoms with Gasteiger partial charge in [-0.05, 0) is 53.4 Å². The molecule has 1 atom stereocenters. The second-order valence-corrected chi connectivity index (χ2v) is 10.7. The van der Waals surface area contributed by atoms with Crippen molar-refractivity contribution in [1.82, 2.24) is 5.32 Å². The molecule has 0 bridgehead atoms. The highest BCUT2D eigenvalue weighted by Crippen LogP contribution is 2.52. The number of carbonyl (C=O) groups is 1. The summed E-state index contributed by atoms with van der Waals surface area (Å²) in [5.74, 6) is -0.142. The minimum Gasteiger partial charge on any atom is -0.492 e. The van der Waals surface area contributed by atoms with Crippen LogP contribution in [0.1, 0.15) is 32.6 Å². The van der Waals surface area contributed by atoms with Crippen LogP contribution in [0.25, 0.3) is 11.2 Å². The molecule has 1 spiro atoms. The van der Waals surface area contributed by atoms with Crippen molar-refractivity contribution in [3.63, 3.8) is 0 Å². The smallest absolute Gasteiger partial charge is 0.492 e. The van der Waals surface area contributed by atoms with Gasteiger partial charge in [-0.2, -0.15) is 0 Å². The third kappa shape index (κ3) is 4.14. The van der Waals surface area contributed by atoms with E-state index in [0.717, 1.165) is 34.4 Å². The zero-order valence-corrected chi connectivity index (χ0v) is 22.2. The summed E-state index contributed by atoms with van der Waals surface area (Å²) in [5.41, 5.74) is 6.25. The van der Waals surface area contributed by atoms with Crippen LogP contribution in [0.5, 0.6) is 5.75 Å². The Morgan fingerprint density at radius 3 is 2.52 bits per heavy atom. The van der Waals surface area contributed by atoms with Gasteiger partial charge in [-0.25, -0.2) is 4.79 Å². The molecule has 200 valence electrons. The number of carbonyl (C=O) groups excluding carboxylic acids is 1. The average molecular weight is 553 g/mol. The summed E-state index contributed by atoms with van der Waals surface area (Å²) in [5, 5.41) is 3.77. The second kappa shape index (κ2) is 9.61. The molecule has 0 fully saturated rings. The van der Waals surface area contributed by atoms with Crippen LogP contribution in [0.15, 0.2) is 98.6 Å². The molecule has 7 rings (SSSR count). The molecule has 0 aliphatic carbocycles. The number of benzene rings is 4. The molecule has 1 amide bonds. The van der Waals surface area contributed by atoms with E-state index in [2.05, 4.69) is 22.3 Å². The van der Waals surface area contributed by atoms with E-state index < -0.39 is 11.2 Å². The van der Waals surface area contributed by atoms with Gasteiger partial charge in [0.1, 0.15) is 12.4 Å². The largest absolute Gasteiger partial charge is 0.519 e. The molecule has 0 saturated carbocycles. The number of fused-ring (bicyclic) bond motifs is 5. The summed E-state index contributed by atoms with van der Waals surface area (Å²) in [6.45, 7) is 2.19. The molecular weight excluding hydrogens is 528 g/mol. The Balaban J connectivity index is 1.15. The van der Waals surface area contributed by atoms with E-state index in [0.29, 0.717) is 53.7 Å². The number of amides is 1. The molecule has 1 N–H and O–H groups in total. The number of nitrogens with zero attached hydrogens (tertiary/aromatic N) is 1. The van der Waals surface area contributed by atoms with E-state index in [4.69, 9.17) is 25.2 Å². The molecule has 0 saturated heterocycles. The van der Waals surface area contributed by atoms with Crippen LogP contribution in [0.3, 0.4) is 0 Å². The van der Waals surface area contributed by atoms with Crippen LogP contribution in [0.4, 0.5) is 5.69 Å². The molecule has 0 radical (unpaired) electrons. The fraction of sp³-hybridized carbons (Fsp3) is 0.188. The maximum absolute atomic E-state index is 13.3. The normalized spacial score (nSPS) is 17.2. The SMILES string of the molecule is O=C(NCCc1ccc(Cl)cc1)c1ccccc1CN1CC2(COc3cc4oc(=O)oc4cc32)c2ccccc21. The third-order valence-electron chi connectivity index (χ3n) is 7.88. The van der Waals surface area contributed by atoms with Crippen LogP contribution < -0.4 is 20.8 Å². The Morgan fingerprint density at radius 1 is 0.925 bits per heavy atom. The van der Waals surface area contributed by atoms with Crippen LogP contribution in [0.2, 0.25) is 5.02 Å². The molecule has 7 nitrogen and oxygen atoms in total. The number of halogens is 1. The number of ether oxygens (including phenoxy) is 1. The van der Waals surface area contributed by atoms with Gasteiger partial charge in [-0.1, -0.05) is 60.1 Å². The highest BCUT2D eigenvalue weighted by Gasteiger charge is 2.50. The zero-order chi connectivity index (χ0) is 27.3. The van der Waals surface area contributed by atoms with Crippen molar-refractivity contribution in [2.45, 2.75) is 18.4 Å². The van der Waals surface area contributed by atoms with E-state index in [9.17, 15) is 9.59 Å². The van der Waals surface area contributed by atoms with Crippen molar-refractivity contribution in [2.75, 3.05) is 24.6 Å². The van der Waals surface area contributed by atoms with Gasteiger partial charge in [0.25, 0.3) is 5.91 Å². The fourth-order valence-corrected chi connectivity index (χ4v) is 6.10. The van der Waals surface area contributed by atoms with Crippen LogP contribution in [-0.2, 0) is 18.4 Å². The second-order valence-electron chi connectivity index (χ2n) is 10.3. The molecule has 3 heterocycles. The first-order chi connectivity index (χ1) is 19.5. The highest BCUT2D eigenvalue weighted by molar-refractivity contribution is 6.30. The number of hydrogen-bond donors (Lipinski definition) is 1. The average Bonchev–Trinajstić information content (AvgIpc) is 3.61. The number of anilines is 1. The number of para-hydroxylation sites is 1. The highest BCUT2D eigenvalue weighted by atomic mass is 35.5. The lowest BCUT2D eigenvalue weighted by Gasteiger charge is -2.25. The van der Waals surface area contributed by atoms with Crippen molar-refractivity contribution in [3.8, 4) is 5.75 Å². The molecule has 8 heteroatoms. The van der Waals surface area contributed by atoms with Gasteiger partial charge >= 0.3 is 5.82 Å². The van der Waals surface area contributed by atoms with Crippen molar-refractivity contribution in [2.24, 2.45) is 0 Å². The summed E-state index contributed by atoms with van der Waals surface area (Å²) in [4.78, 5) is 27.2. The predicted octanol–water partition coefficient (Wildman–Crippen LogP) is 5.71. The first-order valence-corrected chi connectivity index (χ1v) is 13.5. The van der Waals surface area contributed by atoms with Crippen LogP contribution >= 0.6 is 11.6 Å². The lowest BCUT2D eigenvalue weighted by Crippen LogP contribution is -2.36. The fourth-order valence-electron chi connectivity index (χ4n) is 5.97. The molecule has 1 aromatic heterocycles. The summed E-state index contributed by atoms with van der Waals surface area (Å²) in [6.07, 6.45) is 0.719. The molecule has 1 unspecified atom stereocenters. The Kier molecular flexibility index (Phi) is 5.90. The van der Waals surface area contributed by atoms with Crippen LogP contribution in [-0.4, -0.2) is 25.6 Å². The maximum Gasteiger partial charge on any atom is 0.519 e. The minimum atomic E-state index is -0.732. The Bertz CT molecular complexity index is 1810. The molecule has 4 aromatic carbocycles.